The Kier molecular flexibility index (Phi) is 2.22. The van der Waals surface area contributed by atoms with Crippen LogP contribution in [0.1, 0.15) is 0 Å². The van der Waals surface area contributed by atoms with Crippen LogP contribution in [-0.2, 0) is 10.0 Å². The molecule has 4 N–H and O–H groups in total. The normalized spacial score (nSPS) is 11.6. The van der Waals surface area contributed by atoms with E-state index in [9.17, 15) is 17.2 Å². The second kappa shape index (κ2) is 2.93. The van der Waals surface area contributed by atoms with Gasteiger partial charge in [0.2, 0.25) is 10.0 Å². The molecule has 0 amide bonds. The Hall–Kier alpha value is -1.21. The van der Waals surface area contributed by atoms with Gasteiger partial charge in [-0.3, -0.25) is 0 Å². The molecule has 0 aliphatic heterocycles. The zero-order chi connectivity index (χ0) is 10.2. The molecule has 1 rings (SSSR count). The number of sulfonamides is 1. The van der Waals surface area contributed by atoms with Gasteiger partial charge in [-0.05, 0) is 12.1 Å². The molecule has 0 atom stereocenters. The Bertz CT molecular complexity index is 444. The van der Waals surface area contributed by atoms with Gasteiger partial charge in [0.15, 0.2) is 0 Å². The van der Waals surface area contributed by atoms with Crippen LogP contribution in [0.3, 0.4) is 0 Å². The minimum atomic E-state index is -4.33. The lowest BCUT2D eigenvalue weighted by atomic mass is 10.3. The number of anilines is 1. The number of hydrogen-bond acceptors (Lipinski definition) is 3. The first-order valence-corrected chi connectivity index (χ1v) is 4.65. The highest BCUT2D eigenvalue weighted by molar-refractivity contribution is 7.89. The lowest BCUT2D eigenvalue weighted by molar-refractivity contribution is 0.557. The van der Waals surface area contributed by atoms with Crippen LogP contribution < -0.4 is 10.9 Å². The van der Waals surface area contributed by atoms with Gasteiger partial charge in [-0.1, -0.05) is 0 Å². The molecule has 0 fully saturated rings. The summed E-state index contributed by atoms with van der Waals surface area (Å²) < 4.78 is 46.9. The third-order valence-electron chi connectivity index (χ3n) is 1.38. The van der Waals surface area contributed by atoms with E-state index in [0.29, 0.717) is 6.07 Å². The number of primary sulfonamides is 1. The van der Waals surface area contributed by atoms with E-state index in [4.69, 9.17) is 5.73 Å². The fraction of sp³-hybridized carbons (Fsp3) is 0. The Balaban J connectivity index is 3.62. The highest BCUT2D eigenvalue weighted by Gasteiger charge is 2.20. The molecular weight excluding hydrogens is 202 g/mol. The molecule has 1 aromatic carbocycles. The van der Waals surface area contributed by atoms with Crippen LogP contribution in [0.5, 0.6) is 0 Å². The minimum Gasteiger partial charge on any atom is -0.395 e. The molecule has 0 spiro atoms. The van der Waals surface area contributed by atoms with Crippen molar-refractivity contribution < 1.29 is 17.2 Å². The number of benzene rings is 1. The van der Waals surface area contributed by atoms with E-state index in [2.05, 4.69) is 5.14 Å². The molecule has 72 valence electrons. The van der Waals surface area contributed by atoms with E-state index in [1.807, 2.05) is 0 Å². The fourth-order valence-corrected chi connectivity index (χ4v) is 1.58. The lowest BCUT2D eigenvalue weighted by Gasteiger charge is -2.04. The highest BCUT2D eigenvalue weighted by atomic mass is 32.2. The van der Waals surface area contributed by atoms with Crippen molar-refractivity contribution in [2.75, 3.05) is 5.73 Å². The maximum atomic E-state index is 12.8. The van der Waals surface area contributed by atoms with Crippen LogP contribution in [-0.4, -0.2) is 8.42 Å². The van der Waals surface area contributed by atoms with Gasteiger partial charge in [-0.2, -0.15) is 0 Å². The predicted octanol–water partition coefficient (Wildman–Crippen LogP) is 0.194. The van der Waals surface area contributed by atoms with Crippen molar-refractivity contribution in [2.45, 2.75) is 4.90 Å². The zero-order valence-electron chi connectivity index (χ0n) is 6.29. The van der Waals surface area contributed by atoms with Crippen LogP contribution in [0, 0.1) is 11.6 Å². The standard InChI is InChI=1S/C6H6F2N2O2S/c7-3-1-2-4(8)6(5(3)9)13(10,11)12/h1-2H,9H2,(H2,10,11,12). The molecule has 7 heteroatoms. The van der Waals surface area contributed by atoms with Crippen molar-refractivity contribution in [3.8, 4) is 0 Å². The van der Waals surface area contributed by atoms with E-state index in [0.717, 1.165) is 6.07 Å². The molecule has 0 saturated heterocycles. The Morgan fingerprint density at radius 2 is 1.62 bits per heavy atom. The van der Waals surface area contributed by atoms with Gasteiger partial charge in [0.25, 0.3) is 0 Å². The monoisotopic (exact) mass is 208 g/mol. The van der Waals surface area contributed by atoms with Crippen molar-refractivity contribution >= 4 is 15.7 Å². The van der Waals surface area contributed by atoms with E-state index >= 15 is 0 Å². The van der Waals surface area contributed by atoms with Gasteiger partial charge >= 0.3 is 0 Å². The van der Waals surface area contributed by atoms with Crippen molar-refractivity contribution in [3.63, 3.8) is 0 Å². The number of nitrogen functional groups attached to an aromatic ring is 1. The van der Waals surface area contributed by atoms with Crippen LogP contribution >= 0.6 is 0 Å². The molecule has 0 saturated carbocycles. The molecule has 0 bridgehead atoms. The third kappa shape index (κ3) is 1.76. The van der Waals surface area contributed by atoms with Crippen molar-refractivity contribution in [1.82, 2.24) is 0 Å². The smallest absolute Gasteiger partial charge is 0.243 e. The molecule has 0 heterocycles. The summed E-state index contributed by atoms with van der Waals surface area (Å²) >= 11 is 0. The third-order valence-corrected chi connectivity index (χ3v) is 2.36. The Morgan fingerprint density at radius 3 is 2.00 bits per heavy atom. The Labute approximate surface area is 73.2 Å². The molecule has 13 heavy (non-hydrogen) atoms. The molecule has 0 aromatic heterocycles. The summed E-state index contributed by atoms with van der Waals surface area (Å²) in [5.41, 5.74) is 4.19. The highest BCUT2D eigenvalue weighted by Crippen LogP contribution is 2.22. The average Bonchev–Trinajstić information content (AvgIpc) is 1.95. The van der Waals surface area contributed by atoms with Crippen molar-refractivity contribution in [2.24, 2.45) is 5.14 Å². The molecule has 0 unspecified atom stereocenters. The zero-order valence-corrected chi connectivity index (χ0v) is 7.11. The summed E-state index contributed by atoms with van der Waals surface area (Å²) in [6, 6.07) is 1.37. The number of halogens is 2. The summed E-state index contributed by atoms with van der Waals surface area (Å²) in [4.78, 5) is -1.01. The molecule has 4 nitrogen and oxygen atoms in total. The molecule has 0 aliphatic rings. The van der Waals surface area contributed by atoms with Crippen LogP contribution in [0.15, 0.2) is 17.0 Å². The minimum absolute atomic E-state index is 0.644. The predicted molar refractivity (Wildman–Crippen MR) is 42.1 cm³/mol. The van der Waals surface area contributed by atoms with E-state index in [1.54, 1.807) is 0 Å². The van der Waals surface area contributed by atoms with Crippen LogP contribution in [0.2, 0.25) is 0 Å². The lowest BCUT2D eigenvalue weighted by Crippen LogP contribution is -2.17. The summed E-state index contributed by atoms with van der Waals surface area (Å²) in [5, 5.41) is 4.61. The fourth-order valence-electron chi connectivity index (χ4n) is 0.838. The van der Waals surface area contributed by atoms with Gasteiger partial charge < -0.3 is 5.73 Å². The summed E-state index contributed by atoms with van der Waals surface area (Å²) in [5.74, 6) is -2.19. The van der Waals surface area contributed by atoms with Crippen LogP contribution in [0.25, 0.3) is 0 Å². The average molecular weight is 208 g/mol. The van der Waals surface area contributed by atoms with Gasteiger partial charge in [0.05, 0.1) is 5.69 Å². The summed E-state index contributed by atoms with van der Waals surface area (Å²) in [7, 11) is -4.33. The van der Waals surface area contributed by atoms with E-state index in [1.165, 1.54) is 0 Å². The van der Waals surface area contributed by atoms with E-state index in [-0.39, 0.29) is 0 Å². The summed E-state index contributed by atoms with van der Waals surface area (Å²) in [6.07, 6.45) is 0. The van der Waals surface area contributed by atoms with Gasteiger partial charge in [0, 0.05) is 0 Å². The Morgan fingerprint density at radius 1 is 1.15 bits per heavy atom. The molecule has 0 aliphatic carbocycles. The second-order valence-corrected chi connectivity index (χ2v) is 3.82. The van der Waals surface area contributed by atoms with Crippen molar-refractivity contribution in [1.29, 1.82) is 0 Å². The largest absolute Gasteiger partial charge is 0.395 e. The topological polar surface area (TPSA) is 86.2 Å². The molecular formula is C6H6F2N2O2S. The number of hydrogen-bond donors (Lipinski definition) is 2. The number of nitrogens with two attached hydrogens (primary N) is 2. The van der Waals surface area contributed by atoms with E-state index < -0.39 is 32.2 Å². The molecule has 0 radical (unpaired) electrons. The molecule has 1 aromatic rings. The quantitative estimate of drug-likeness (QED) is 0.646. The SMILES string of the molecule is Nc1c(F)ccc(F)c1S(N)(=O)=O. The maximum Gasteiger partial charge on any atom is 0.243 e. The van der Waals surface area contributed by atoms with Crippen molar-refractivity contribution in [3.05, 3.63) is 23.8 Å². The van der Waals surface area contributed by atoms with Gasteiger partial charge in [0.1, 0.15) is 16.5 Å². The first kappa shape index (κ1) is 9.87. The van der Waals surface area contributed by atoms with Gasteiger partial charge in [-0.15, -0.1) is 0 Å². The maximum absolute atomic E-state index is 12.8. The second-order valence-electron chi connectivity index (χ2n) is 2.32. The van der Waals surface area contributed by atoms with Crippen LogP contribution in [0.4, 0.5) is 14.5 Å². The first-order chi connectivity index (χ1) is 5.84. The van der Waals surface area contributed by atoms with Gasteiger partial charge in [-0.25, -0.2) is 22.3 Å². The first-order valence-electron chi connectivity index (χ1n) is 3.10. The number of rotatable bonds is 1. The summed E-state index contributed by atoms with van der Waals surface area (Å²) in [6.45, 7) is 0.